The normalized spacial score (nSPS) is 14.8. The van der Waals surface area contributed by atoms with Gasteiger partial charge in [0.15, 0.2) is 5.13 Å². The number of para-hydroxylation sites is 1. The van der Waals surface area contributed by atoms with E-state index in [9.17, 15) is 4.79 Å². The van der Waals surface area contributed by atoms with Gasteiger partial charge in [0.05, 0.1) is 10.2 Å². The number of fused-ring (bicyclic) bond motifs is 1. The number of anilines is 3. The van der Waals surface area contributed by atoms with Crippen LogP contribution in [0.25, 0.3) is 10.2 Å². The zero-order chi connectivity index (χ0) is 17.2. The number of carbonyl (C=O) groups excluding carboxylic acids is 1. The minimum absolute atomic E-state index is 0.0867. The Hall–Kier alpha value is -2.60. The number of rotatable bonds is 3. The van der Waals surface area contributed by atoms with Crippen molar-refractivity contribution in [3.63, 3.8) is 0 Å². The van der Waals surface area contributed by atoms with Crippen LogP contribution in [0.2, 0.25) is 0 Å². The second-order valence-electron chi connectivity index (χ2n) is 6.16. The van der Waals surface area contributed by atoms with Crippen molar-refractivity contribution in [3.8, 4) is 0 Å². The van der Waals surface area contributed by atoms with E-state index in [1.54, 1.807) is 0 Å². The molecule has 1 aromatic heterocycles. The Morgan fingerprint density at radius 2 is 1.68 bits per heavy atom. The van der Waals surface area contributed by atoms with Gasteiger partial charge in [-0.1, -0.05) is 29.5 Å². The van der Waals surface area contributed by atoms with Crippen molar-refractivity contribution >= 4 is 44.0 Å². The first kappa shape index (κ1) is 15.9. The molecule has 6 heteroatoms. The summed E-state index contributed by atoms with van der Waals surface area (Å²) in [4.78, 5) is 20.5. The molecule has 25 heavy (non-hydrogen) atoms. The van der Waals surface area contributed by atoms with Gasteiger partial charge in [0.2, 0.25) is 5.91 Å². The molecule has 0 radical (unpaired) electrons. The predicted octanol–water partition coefficient (Wildman–Crippen LogP) is 3.58. The van der Waals surface area contributed by atoms with Gasteiger partial charge in [0.1, 0.15) is 0 Å². The third-order valence-electron chi connectivity index (χ3n) is 4.42. The quantitative estimate of drug-likeness (QED) is 0.783. The van der Waals surface area contributed by atoms with Crippen LogP contribution < -0.4 is 15.1 Å². The molecule has 3 aromatic rings. The molecule has 0 saturated carbocycles. The summed E-state index contributed by atoms with van der Waals surface area (Å²) in [6, 6.07) is 16.9. The molecule has 2 heterocycles. The molecule has 1 saturated heterocycles. The van der Waals surface area contributed by atoms with Crippen LogP contribution in [0, 0.1) is 0 Å². The summed E-state index contributed by atoms with van der Waals surface area (Å²) in [6.07, 6.45) is 0. The first-order valence-electron chi connectivity index (χ1n) is 8.42. The molecule has 1 fully saturated rings. The number of nitrogens with zero attached hydrogens (tertiary/aromatic N) is 3. The van der Waals surface area contributed by atoms with Crippen LogP contribution in [0.4, 0.5) is 16.5 Å². The van der Waals surface area contributed by atoms with E-state index in [1.165, 1.54) is 29.6 Å². The van der Waals surface area contributed by atoms with Crippen molar-refractivity contribution in [1.82, 2.24) is 4.98 Å². The lowest BCUT2D eigenvalue weighted by molar-refractivity contribution is -0.114. The Labute approximate surface area is 150 Å². The van der Waals surface area contributed by atoms with Crippen LogP contribution >= 0.6 is 11.3 Å². The molecular weight excluding hydrogens is 332 g/mol. The summed E-state index contributed by atoms with van der Waals surface area (Å²) in [6.45, 7) is 5.50. The number of carbonyl (C=O) groups is 1. The van der Waals surface area contributed by atoms with E-state index in [-0.39, 0.29) is 5.91 Å². The standard InChI is InChI=1S/C19H20N4OS/c1-14(24)20-19-21-17-13-16(7-8-18(17)25-19)23-11-9-22(10-12-23)15-5-3-2-4-6-15/h2-8,13H,9-12H2,1H3,(H,20,21,24). The number of hydrogen-bond donors (Lipinski definition) is 1. The molecule has 1 aliphatic heterocycles. The van der Waals surface area contributed by atoms with Gasteiger partial charge in [-0.25, -0.2) is 4.98 Å². The lowest BCUT2D eigenvalue weighted by Gasteiger charge is -2.37. The summed E-state index contributed by atoms with van der Waals surface area (Å²) in [5.41, 5.74) is 3.42. The Morgan fingerprint density at radius 1 is 1.00 bits per heavy atom. The van der Waals surface area contributed by atoms with E-state index in [0.717, 1.165) is 36.4 Å². The Kier molecular flexibility index (Phi) is 4.28. The number of piperazine rings is 1. The van der Waals surface area contributed by atoms with Gasteiger partial charge in [0.25, 0.3) is 0 Å². The van der Waals surface area contributed by atoms with E-state index >= 15 is 0 Å². The van der Waals surface area contributed by atoms with E-state index < -0.39 is 0 Å². The minimum Gasteiger partial charge on any atom is -0.368 e. The van der Waals surface area contributed by atoms with Crippen LogP contribution in [-0.4, -0.2) is 37.1 Å². The summed E-state index contributed by atoms with van der Waals surface area (Å²) < 4.78 is 1.09. The fourth-order valence-corrected chi connectivity index (χ4v) is 4.07. The molecule has 0 unspecified atom stereocenters. The molecule has 1 N–H and O–H groups in total. The first-order chi connectivity index (χ1) is 12.2. The highest BCUT2D eigenvalue weighted by atomic mass is 32.1. The van der Waals surface area contributed by atoms with Gasteiger partial charge in [-0.05, 0) is 30.3 Å². The maximum absolute atomic E-state index is 11.2. The number of amides is 1. The predicted molar refractivity (Wildman–Crippen MR) is 105 cm³/mol. The molecule has 0 spiro atoms. The third kappa shape index (κ3) is 3.44. The maximum atomic E-state index is 11.2. The monoisotopic (exact) mass is 352 g/mol. The van der Waals surface area contributed by atoms with Gasteiger partial charge in [-0.15, -0.1) is 0 Å². The average Bonchev–Trinajstić information content (AvgIpc) is 3.03. The van der Waals surface area contributed by atoms with Crippen molar-refractivity contribution in [3.05, 3.63) is 48.5 Å². The van der Waals surface area contributed by atoms with E-state index in [2.05, 4.69) is 68.6 Å². The topological polar surface area (TPSA) is 48.5 Å². The van der Waals surface area contributed by atoms with Crippen molar-refractivity contribution in [1.29, 1.82) is 0 Å². The lowest BCUT2D eigenvalue weighted by atomic mass is 10.2. The van der Waals surface area contributed by atoms with Gasteiger partial charge in [-0.2, -0.15) is 0 Å². The molecule has 1 amide bonds. The van der Waals surface area contributed by atoms with Crippen molar-refractivity contribution < 1.29 is 4.79 Å². The fourth-order valence-electron chi connectivity index (χ4n) is 3.18. The van der Waals surface area contributed by atoms with Gasteiger partial charge < -0.3 is 15.1 Å². The molecular formula is C19H20N4OS. The Morgan fingerprint density at radius 3 is 2.36 bits per heavy atom. The SMILES string of the molecule is CC(=O)Nc1nc2cc(N3CCN(c4ccccc4)CC3)ccc2s1. The van der Waals surface area contributed by atoms with Crippen LogP contribution in [0.3, 0.4) is 0 Å². The first-order valence-corrected chi connectivity index (χ1v) is 9.24. The zero-order valence-corrected chi connectivity index (χ0v) is 14.9. The van der Waals surface area contributed by atoms with Crippen molar-refractivity contribution in [2.45, 2.75) is 6.92 Å². The number of aromatic nitrogens is 1. The molecule has 5 nitrogen and oxygen atoms in total. The number of nitrogens with one attached hydrogen (secondary N) is 1. The van der Waals surface area contributed by atoms with Crippen LogP contribution in [0.5, 0.6) is 0 Å². The molecule has 1 aliphatic rings. The van der Waals surface area contributed by atoms with Crippen LogP contribution in [0.1, 0.15) is 6.92 Å². The number of thiazole rings is 1. The number of benzene rings is 2. The summed E-state index contributed by atoms with van der Waals surface area (Å²) in [5, 5.41) is 3.43. The zero-order valence-electron chi connectivity index (χ0n) is 14.1. The van der Waals surface area contributed by atoms with E-state index in [4.69, 9.17) is 0 Å². The molecule has 0 aliphatic carbocycles. The molecule has 0 atom stereocenters. The third-order valence-corrected chi connectivity index (χ3v) is 5.37. The van der Waals surface area contributed by atoms with Gasteiger partial charge >= 0.3 is 0 Å². The molecule has 128 valence electrons. The highest BCUT2D eigenvalue weighted by Crippen LogP contribution is 2.30. The molecule has 0 bridgehead atoms. The summed E-state index contributed by atoms with van der Waals surface area (Å²) >= 11 is 1.51. The lowest BCUT2D eigenvalue weighted by Crippen LogP contribution is -2.46. The average molecular weight is 352 g/mol. The highest BCUT2D eigenvalue weighted by molar-refractivity contribution is 7.22. The van der Waals surface area contributed by atoms with Crippen LogP contribution in [-0.2, 0) is 4.79 Å². The fraction of sp³-hybridized carbons (Fsp3) is 0.263. The Bertz CT molecular complexity index is 885. The molecule has 2 aromatic carbocycles. The van der Waals surface area contributed by atoms with Crippen molar-refractivity contribution in [2.24, 2.45) is 0 Å². The van der Waals surface area contributed by atoms with Gasteiger partial charge in [-0.3, -0.25) is 4.79 Å². The van der Waals surface area contributed by atoms with Crippen molar-refractivity contribution in [2.75, 3.05) is 41.3 Å². The highest BCUT2D eigenvalue weighted by Gasteiger charge is 2.18. The van der Waals surface area contributed by atoms with E-state index in [1.807, 2.05) is 0 Å². The largest absolute Gasteiger partial charge is 0.368 e. The Balaban J connectivity index is 1.48. The van der Waals surface area contributed by atoms with E-state index in [0.29, 0.717) is 5.13 Å². The summed E-state index contributed by atoms with van der Waals surface area (Å²) in [7, 11) is 0. The minimum atomic E-state index is -0.0867. The second kappa shape index (κ2) is 6.72. The summed E-state index contributed by atoms with van der Waals surface area (Å²) in [5.74, 6) is -0.0867. The number of hydrogen-bond acceptors (Lipinski definition) is 5. The second-order valence-corrected chi connectivity index (χ2v) is 7.19. The molecule has 4 rings (SSSR count). The maximum Gasteiger partial charge on any atom is 0.223 e. The smallest absolute Gasteiger partial charge is 0.223 e. The van der Waals surface area contributed by atoms with Gasteiger partial charge in [0, 0.05) is 44.5 Å². The van der Waals surface area contributed by atoms with Crippen LogP contribution in [0.15, 0.2) is 48.5 Å².